The number of benzene rings is 12. The Kier molecular flexibility index (Phi) is 8.59. The monoisotopic (exact) mass is 922 g/mol. The molecular weight excluding hydrogens is 877 g/mol. The number of para-hydroxylation sites is 4. The highest BCUT2D eigenvalue weighted by Gasteiger charge is 2.36. The van der Waals surface area contributed by atoms with Crippen LogP contribution in [-0.4, -0.2) is 0 Å². The normalized spacial score (nSPS) is 13.0. The smallest absolute Gasteiger partial charge is 0.159 e. The second-order valence-corrected chi connectivity index (χ2v) is 20.1. The van der Waals surface area contributed by atoms with Crippen molar-refractivity contribution in [3.8, 4) is 11.1 Å². The van der Waals surface area contributed by atoms with Gasteiger partial charge in [0.05, 0.1) is 11.4 Å². The summed E-state index contributed by atoms with van der Waals surface area (Å²) in [5.41, 5.74) is 15.9. The Hall–Kier alpha value is -9.12. The minimum absolute atomic E-state index is 0.343. The van der Waals surface area contributed by atoms with Gasteiger partial charge in [0.2, 0.25) is 0 Å². The average molecular weight is 923 g/mol. The molecule has 2 heterocycles. The number of hydrogen-bond acceptors (Lipinski definition) is 4. The zero-order valence-corrected chi connectivity index (χ0v) is 40.1. The number of rotatable bonds is 6. The fourth-order valence-corrected chi connectivity index (χ4v) is 12.3. The number of aryl methyl sites for hydroxylation is 1. The van der Waals surface area contributed by atoms with E-state index in [0.717, 1.165) is 78.0 Å². The first-order valence-corrected chi connectivity index (χ1v) is 24.9. The first-order valence-electron chi connectivity index (χ1n) is 24.9. The Morgan fingerprint density at radius 2 is 0.819 bits per heavy atom. The highest BCUT2D eigenvalue weighted by molar-refractivity contribution is 6.20. The fourth-order valence-electron chi connectivity index (χ4n) is 12.3. The first kappa shape index (κ1) is 40.7. The molecule has 2 aromatic heterocycles. The van der Waals surface area contributed by atoms with Gasteiger partial charge in [-0.1, -0.05) is 166 Å². The van der Waals surface area contributed by atoms with E-state index in [1.807, 2.05) is 12.1 Å². The molecule has 0 amide bonds. The van der Waals surface area contributed by atoms with Gasteiger partial charge < -0.3 is 18.6 Å². The average Bonchev–Trinajstić information content (AvgIpc) is 4.01. The quantitative estimate of drug-likeness (QED) is 0.156. The van der Waals surface area contributed by atoms with Crippen LogP contribution in [0.5, 0.6) is 0 Å². The van der Waals surface area contributed by atoms with E-state index in [4.69, 9.17) is 8.83 Å². The Bertz CT molecular complexity index is 4590. The van der Waals surface area contributed by atoms with Crippen LogP contribution in [0.4, 0.5) is 34.1 Å². The van der Waals surface area contributed by atoms with Gasteiger partial charge in [0.1, 0.15) is 11.2 Å². The van der Waals surface area contributed by atoms with Crippen LogP contribution in [0.2, 0.25) is 0 Å². The third-order valence-corrected chi connectivity index (χ3v) is 15.8. The van der Waals surface area contributed by atoms with Crippen LogP contribution in [0.25, 0.3) is 98.1 Å². The zero-order chi connectivity index (χ0) is 47.8. The van der Waals surface area contributed by atoms with Gasteiger partial charge in [-0.15, -0.1) is 0 Å². The maximum Gasteiger partial charge on any atom is 0.159 e. The first-order chi connectivity index (χ1) is 35.4. The lowest BCUT2D eigenvalue weighted by atomic mass is 9.67. The van der Waals surface area contributed by atoms with E-state index >= 15 is 0 Å². The topological polar surface area (TPSA) is 32.8 Å². The molecule has 14 aromatic rings. The van der Waals surface area contributed by atoms with Gasteiger partial charge in [-0.05, 0) is 151 Å². The minimum atomic E-state index is -0.343. The lowest BCUT2D eigenvalue weighted by Gasteiger charge is -2.37. The molecule has 0 fully saturated rings. The Labute approximate surface area is 416 Å². The Balaban J connectivity index is 0.938. The molecule has 0 bridgehead atoms. The van der Waals surface area contributed by atoms with E-state index in [1.165, 1.54) is 70.9 Å². The summed E-state index contributed by atoms with van der Waals surface area (Å²) in [5, 5.41) is 14.3. The van der Waals surface area contributed by atoms with Gasteiger partial charge in [0, 0.05) is 49.7 Å². The van der Waals surface area contributed by atoms with Crippen LogP contribution in [0.3, 0.4) is 0 Å². The second-order valence-electron chi connectivity index (χ2n) is 20.1. The van der Waals surface area contributed by atoms with Crippen LogP contribution >= 0.6 is 0 Å². The van der Waals surface area contributed by atoms with Crippen LogP contribution < -0.4 is 9.80 Å². The van der Waals surface area contributed by atoms with Crippen molar-refractivity contribution in [1.82, 2.24) is 0 Å². The molecule has 0 atom stereocenters. The largest absolute Gasteiger partial charge is 0.454 e. The van der Waals surface area contributed by atoms with E-state index in [-0.39, 0.29) is 5.41 Å². The summed E-state index contributed by atoms with van der Waals surface area (Å²) in [6.45, 7) is 7.13. The van der Waals surface area contributed by atoms with Crippen molar-refractivity contribution in [2.45, 2.75) is 26.2 Å². The zero-order valence-electron chi connectivity index (χ0n) is 40.1. The van der Waals surface area contributed by atoms with Crippen LogP contribution in [-0.2, 0) is 5.41 Å². The molecule has 12 aromatic carbocycles. The molecule has 0 radical (unpaired) electrons. The molecule has 4 heteroatoms. The lowest BCUT2D eigenvalue weighted by molar-refractivity contribution is 0.645. The molecule has 1 aliphatic rings. The Morgan fingerprint density at radius 1 is 0.347 bits per heavy atom. The second kappa shape index (κ2) is 15.2. The van der Waals surface area contributed by atoms with Crippen LogP contribution in [0, 0.1) is 6.92 Å². The van der Waals surface area contributed by atoms with Crippen LogP contribution in [0.15, 0.2) is 233 Å². The van der Waals surface area contributed by atoms with Crippen molar-refractivity contribution in [2.24, 2.45) is 0 Å². The number of nitrogens with zero attached hydrogens (tertiary/aromatic N) is 2. The van der Waals surface area contributed by atoms with Gasteiger partial charge in [0.15, 0.2) is 11.2 Å². The Morgan fingerprint density at radius 3 is 1.43 bits per heavy atom. The van der Waals surface area contributed by atoms with Gasteiger partial charge >= 0.3 is 0 Å². The highest BCUT2D eigenvalue weighted by Crippen LogP contribution is 2.55. The molecule has 340 valence electrons. The third kappa shape index (κ3) is 5.87. The number of fused-ring (bicyclic) bond motifs is 12. The molecule has 4 nitrogen and oxygen atoms in total. The number of furan rings is 2. The summed E-state index contributed by atoms with van der Waals surface area (Å²) >= 11 is 0. The summed E-state index contributed by atoms with van der Waals surface area (Å²) in [6, 6.07) is 81.7. The highest BCUT2D eigenvalue weighted by atomic mass is 16.3. The number of hydrogen-bond donors (Lipinski definition) is 0. The van der Waals surface area contributed by atoms with Gasteiger partial charge in [-0.2, -0.15) is 0 Å². The lowest BCUT2D eigenvalue weighted by Crippen LogP contribution is -2.25. The summed E-state index contributed by atoms with van der Waals surface area (Å²) in [5.74, 6) is 0. The van der Waals surface area contributed by atoms with Gasteiger partial charge in [0.25, 0.3) is 0 Å². The third-order valence-electron chi connectivity index (χ3n) is 15.8. The van der Waals surface area contributed by atoms with Crippen LogP contribution in [0.1, 0.15) is 30.5 Å². The van der Waals surface area contributed by atoms with Crippen molar-refractivity contribution in [2.75, 3.05) is 9.80 Å². The molecule has 0 saturated carbocycles. The maximum absolute atomic E-state index is 6.76. The molecule has 0 unspecified atom stereocenters. The van der Waals surface area contributed by atoms with Crippen molar-refractivity contribution in [3.05, 3.63) is 241 Å². The standard InChI is InChI=1S/C68H46N2O2/c1-41-50-35-33-48(69(46-31-29-42-15-4-6-17-44(42)37-46)60-25-13-22-54-51-19-8-10-27-62(51)71-66(54)60)39-57(50)53-21-12-24-58-65(53)64(41)56-36-34-49(40-59(56)68(58,2)3)70(47-32-30-43-16-5-7-18-45(43)38-47)61-26-14-23-55-52-20-9-11-28-63(52)72-67(55)61/h4-40H,1-3H3. The van der Waals surface area contributed by atoms with E-state index in [1.54, 1.807) is 0 Å². The minimum Gasteiger partial charge on any atom is -0.454 e. The molecule has 72 heavy (non-hydrogen) atoms. The summed E-state index contributed by atoms with van der Waals surface area (Å²) in [6.07, 6.45) is 0. The van der Waals surface area contributed by atoms with E-state index < -0.39 is 0 Å². The predicted octanol–water partition coefficient (Wildman–Crippen LogP) is 19.7. The van der Waals surface area contributed by atoms with Gasteiger partial charge in [-0.25, -0.2) is 0 Å². The maximum atomic E-state index is 6.76. The molecule has 0 aliphatic heterocycles. The van der Waals surface area contributed by atoms with Crippen molar-refractivity contribution in [1.29, 1.82) is 0 Å². The summed E-state index contributed by atoms with van der Waals surface area (Å²) < 4.78 is 13.5. The fraction of sp³-hybridized carbons (Fsp3) is 0.0588. The van der Waals surface area contributed by atoms with Crippen molar-refractivity contribution < 1.29 is 8.83 Å². The molecule has 15 rings (SSSR count). The van der Waals surface area contributed by atoms with E-state index in [2.05, 4.69) is 243 Å². The molecular formula is C68H46N2O2. The van der Waals surface area contributed by atoms with E-state index in [9.17, 15) is 0 Å². The summed E-state index contributed by atoms with van der Waals surface area (Å²) in [7, 11) is 0. The number of anilines is 6. The predicted molar refractivity (Wildman–Crippen MR) is 303 cm³/mol. The molecule has 0 spiro atoms. The molecule has 0 N–H and O–H groups in total. The summed E-state index contributed by atoms with van der Waals surface area (Å²) in [4.78, 5) is 4.78. The SMILES string of the molecule is Cc1c2c3c(cccc3c3cc(N(c4ccc5ccccc5c4)c4cccc5c4oc4ccccc45)ccc13)C(C)(C)c1cc(N(c3ccc4ccccc4c3)c3cccc4c3oc3ccccc34)ccc1-2. The van der Waals surface area contributed by atoms with Gasteiger partial charge in [-0.3, -0.25) is 0 Å². The molecule has 0 saturated heterocycles. The van der Waals surface area contributed by atoms with E-state index in [0.29, 0.717) is 0 Å². The molecule has 1 aliphatic carbocycles. The van der Waals surface area contributed by atoms with Crippen molar-refractivity contribution in [3.63, 3.8) is 0 Å². The van der Waals surface area contributed by atoms with Crippen molar-refractivity contribution >= 4 is 121 Å².